The van der Waals surface area contributed by atoms with Gasteiger partial charge >= 0.3 is 5.97 Å². The van der Waals surface area contributed by atoms with E-state index in [4.69, 9.17) is 4.74 Å². The van der Waals surface area contributed by atoms with Gasteiger partial charge < -0.3 is 10.1 Å². The number of ether oxygens (including phenoxy) is 1. The highest BCUT2D eigenvalue weighted by molar-refractivity contribution is 6.04. The molecule has 4 nitrogen and oxygen atoms in total. The van der Waals surface area contributed by atoms with Crippen LogP contribution in [0, 0.1) is 6.92 Å². The molecule has 0 bridgehead atoms. The second-order valence-electron chi connectivity index (χ2n) is 7.01. The summed E-state index contributed by atoms with van der Waals surface area (Å²) in [6.07, 6.45) is 0. The summed E-state index contributed by atoms with van der Waals surface area (Å²) in [7, 11) is 0. The Morgan fingerprint density at radius 1 is 0.786 bits per heavy atom. The number of amides is 1. The molecule has 0 aliphatic heterocycles. The second kappa shape index (κ2) is 8.53. The Morgan fingerprint density at radius 2 is 1.36 bits per heavy atom. The maximum atomic E-state index is 12.3. The number of rotatable bonds is 5. The number of carbonyl (C=O) groups excluding carboxylic acids is 2. The van der Waals surface area contributed by atoms with E-state index in [1.165, 1.54) is 5.56 Å². The lowest BCUT2D eigenvalue weighted by molar-refractivity contribution is 0.0734. The van der Waals surface area contributed by atoms with E-state index in [1.807, 2.05) is 43.3 Å². The van der Waals surface area contributed by atoms with Gasteiger partial charge in [0.2, 0.25) is 0 Å². The highest BCUT2D eigenvalue weighted by Crippen LogP contribution is 2.18. The van der Waals surface area contributed by atoms with Gasteiger partial charge in [-0.05, 0) is 66.9 Å². The number of anilines is 1. The van der Waals surface area contributed by atoms with E-state index in [-0.39, 0.29) is 5.91 Å². The molecule has 3 aromatic carbocycles. The molecule has 3 rings (SSSR count). The highest BCUT2D eigenvalue weighted by Gasteiger charge is 2.11. The average Bonchev–Trinajstić information content (AvgIpc) is 2.70. The molecule has 0 radical (unpaired) electrons. The van der Waals surface area contributed by atoms with Gasteiger partial charge in [-0.3, -0.25) is 4.79 Å². The van der Waals surface area contributed by atoms with Crippen molar-refractivity contribution in [3.63, 3.8) is 0 Å². The molecule has 4 heteroatoms. The SMILES string of the molecule is Cc1ccc(NC(=O)c2ccc(OC(=O)c3ccc(C(C)C)cc3)cc2)cc1. The molecule has 0 aliphatic rings. The maximum Gasteiger partial charge on any atom is 0.343 e. The van der Waals surface area contributed by atoms with Crippen molar-refractivity contribution in [3.05, 3.63) is 95.1 Å². The van der Waals surface area contributed by atoms with Crippen LogP contribution in [-0.2, 0) is 0 Å². The van der Waals surface area contributed by atoms with Crippen LogP contribution in [0.15, 0.2) is 72.8 Å². The van der Waals surface area contributed by atoms with Crippen molar-refractivity contribution in [2.24, 2.45) is 0 Å². The van der Waals surface area contributed by atoms with Crippen LogP contribution in [-0.4, -0.2) is 11.9 Å². The van der Waals surface area contributed by atoms with Crippen LogP contribution in [0.2, 0.25) is 0 Å². The van der Waals surface area contributed by atoms with Gasteiger partial charge in [0.05, 0.1) is 5.56 Å². The van der Waals surface area contributed by atoms with Gasteiger partial charge in [0.15, 0.2) is 0 Å². The Kier molecular flexibility index (Phi) is 5.90. The number of esters is 1. The molecule has 0 saturated carbocycles. The smallest absolute Gasteiger partial charge is 0.343 e. The third-order valence-electron chi connectivity index (χ3n) is 4.45. The van der Waals surface area contributed by atoms with Gasteiger partial charge in [-0.25, -0.2) is 4.79 Å². The number of benzene rings is 3. The van der Waals surface area contributed by atoms with Crippen LogP contribution < -0.4 is 10.1 Å². The molecular weight excluding hydrogens is 350 g/mol. The second-order valence-corrected chi connectivity index (χ2v) is 7.01. The fraction of sp³-hybridized carbons (Fsp3) is 0.167. The zero-order valence-corrected chi connectivity index (χ0v) is 16.2. The van der Waals surface area contributed by atoms with Crippen molar-refractivity contribution in [3.8, 4) is 5.75 Å². The Hall–Kier alpha value is -3.40. The summed E-state index contributed by atoms with van der Waals surface area (Å²) in [5.41, 5.74) is 4.01. The van der Waals surface area contributed by atoms with Crippen LogP contribution in [0.5, 0.6) is 5.75 Å². The first-order valence-electron chi connectivity index (χ1n) is 9.22. The lowest BCUT2D eigenvalue weighted by Crippen LogP contribution is -2.12. The molecule has 0 heterocycles. The minimum absolute atomic E-state index is 0.217. The van der Waals surface area contributed by atoms with Crippen molar-refractivity contribution in [2.75, 3.05) is 5.32 Å². The van der Waals surface area contributed by atoms with Crippen LogP contribution in [0.4, 0.5) is 5.69 Å². The van der Waals surface area contributed by atoms with Crippen molar-refractivity contribution < 1.29 is 14.3 Å². The van der Waals surface area contributed by atoms with Gasteiger partial charge in [0.25, 0.3) is 5.91 Å². The Morgan fingerprint density at radius 3 is 1.93 bits per heavy atom. The predicted molar refractivity (Wildman–Crippen MR) is 111 cm³/mol. The lowest BCUT2D eigenvalue weighted by Gasteiger charge is -2.08. The summed E-state index contributed by atoms with van der Waals surface area (Å²) in [6, 6.07) is 21.5. The van der Waals surface area contributed by atoms with Crippen molar-refractivity contribution in [1.29, 1.82) is 0 Å². The van der Waals surface area contributed by atoms with E-state index in [2.05, 4.69) is 19.2 Å². The van der Waals surface area contributed by atoms with Crippen LogP contribution in [0.3, 0.4) is 0 Å². The van der Waals surface area contributed by atoms with Gasteiger partial charge in [0, 0.05) is 11.3 Å². The molecule has 1 amide bonds. The minimum Gasteiger partial charge on any atom is -0.423 e. The first-order valence-corrected chi connectivity index (χ1v) is 9.22. The zero-order valence-electron chi connectivity index (χ0n) is 16.2. The summed E-state index contributed by atoms with van der Waals surface area (Å²) in [5, 5.41) is 2.84. The Bertz CT molecular complexity index is 956. The third-order valence-corrected chi connectivity index (χ3v) is 4.45. The molecule has 0 aliphatic carbocycles. The largest absolute Gasteiger partial charge is 0.423 e. The summed E-state index contributed by atoms with van der Waals surface area (Å²) < 4.78 is 5.40. The van der Waals surface area contributed by atoms with E-state index in [9.17, 15) is 9.59 Å². The standard InChI is InChI=1S/C24H23NO3/c1-16(2)18-6-8-20(9-7-18)24(27)28-22-14-10-19(11-15-22)23(26)25-21-12-4-17(3)5-13-21/h4-16H,1-3H3,(H,25,26). The monoisotopic (exact) mass is 373 g/mol. The van der Waals surface area contributed by atoms with E-state index in [0.717, 1.165) is 11.3 Å². The lowest BCUT2D eigenvalue weighted by atomic mass is 10.0. The highest BCUT2D eigenvalue weighted by atomic mass is 16.5. The van der Waals surface area contributed by atoms with Gasteiger partial charge in [-0.2, -0.15) is 0 Å². The molecule has 3 aromatic rings. The summed E-state index contributed by atoms with van der Waals surface area (Å²) in [4.78, 5) is 24.6. The van der Waals surface area contributed by atoms with Gasteiger partial charge in [-0.15, -0.1) is 0 Å². The molecule has 0 fully saturated rings. The van der Waals surface area contributed by atoms with Crippen LogP contribution in [0.1, 0.15) is 51.6 Å². The van der Waals surface area contributed by atoms with Gasteiger partial charge in [-0.1, -0.05) is 43.7 Å². The van der Waals surface area contributed by atoms with E-state index in [1.54, 1.807) is 36.4 Å². The molecule has 0 spiro atoms. The topological polar surface area (TPSA) is 55.4 Å². The fourth-order valence-electron chi connectivity index (χ4n) is 2.68. The Balaban J connectivity index is 1.62. The molecule has 0 aromatic heterocycles. The van der Waals surface area contributed by atoms with Crippen molar-refractivity contribution in [2.45, 2.75) is 26.7 Å². The Labute approximate surface area is 165 Å². The molecular formula is C24H23NO3. The molecule has 28 heavy (non-hydrogen) atoms. The van der Waals surface area contributed by atoms with E-state index in [0.29, 0.717) is 22.8 Å². The molecule has 0 atom stereocenters. The normalized spacial score (nSPS) is 10.6. The van der Waals surface area contributed by atoms with Gasteiger partial charge in [0.1, 0.15) is 5.75 Å². The average molecular weight is 373 g/mol. The summed E-state index contributed by atoms with van der Waals surface area (Å²) in [5.74, 6) is 0.159. The van der Waals surface area contributed by atoms with E-state index >= 15 is 0 Å². The first-order chi connectivity index (χ1) is 13.4. The van der Waals surface area contributed by atoms with Crippen LogP contribution in [0.25, 0.3) is 0 Å². The molecule has 0 saturated heterocycles. The molecule has 1 N–H and O–H groups in total. The predicted octanol–water partition coefficient (Wildman–Crippen LogP) is 5.59. The van der Waals surface area contributed by atoms with E-state index < -0.39 is 5.97 Å². The number of hydrogen-bond donors (Lipinski definition) is 1. The number of nitrogens with one attached hydrogen (secondary N) is 1. The summed E-state index contributed by atoms with van der Waals surface area (Å²) >= 11 is 0. The number of aryl methyl sites for hydroxylation is 1. The van der Waals surface area contributed by atoms with Crippen molar-refractivity contribution in [1.82, 2.24) is 0 Å². The van der Waals surface area contributed by atoms with Crippen LogP contribution >= 0.6 is 0 Å². The molecule has 142 valence electrons. The minimum atomic E-state index is -0.424. The maximum absolute atomic E-state index is 12.3. The third kappa shape index (κ3) is 4.86. The summed E-state index contributed by atoms with van der Waals surface area (Å²) in [6.45, 7) is 6.19. The molecule has 0 unspecified atom stereocenters. The first kappa shape index (κ1) is 19.4. The fourth-order valence-corrected chi connectivity index (χ4v) is 2.68. The zero-order chi connectivity index (χ0) is 20.1. The quantitative estimate of drug-likeness (QED) is 0.468. The number of carbonyl (C=O) groups is 2. The van der Waals surface area contributed by atoms with Crippen molar-refractivity contribution >= 4 is 17.6 Å². The number of hydrogen-bond acceptors (Lipinski definition) is 3.